The number of nitrogens with two attached hydrogens (primary N) is 1. The van der Waals surface area contributed by atoms with Crippen LogP contribution in [-0.2, 0) is 14.4 Å². The highest BCUT2D eigenvalue weighted by atomic mass is 32.2. The summed E-state index contributed by atoms with van der Waals surface area (Å²) in [4.78, 5) is 38.6. The van der Waals surface area contributed by atoms with Crippen molar-refractivity contribution in [1.29, 1.82) is 0 Å². The lowest BCUT2D eigenvalue weighted by atomic mass is 10.0. The molecule has 3 heterocycles. The van der Waals surface area contributed by atoms with Gasteiger partial charge in [-0.2, -0.15) is 0 Å². The Bertz CT molecular complexity index is 1120. The smallest absolute Gasteiger partial charge is 0.352 e. The molecule has 1 aromatic heterocycles. The molecule has 1 aromatic carbocycles. The van der Waals surface area contributed by atoms with Crippen LogP contribution in [0, 0.1) is 0 Å². The molecule has 4 rings (SSSR count). The van der Waals surface area contributed by atoms with Crippen molar-refractivity contribution in [1.82, 2.24) is 25.6 Å². The van der Waals surface area contributed by atoms with Crippen LogP contribution in [0.4, 0.5) is 0 Å². The maximum atomic E-state index is 12.8. The number of phenolic OH excluding ortho intramolecular Hbond substituents is 1. The number of carboxylic acid groups (broad SMARTS) is 1. The van der Waals surface area contributed by atoms with Gasteiger partial charge in [0.1, 0.15) is 28.2 Å². The summed E-state index contributed by atoms with van der Waals surface area (Å²) in [6, 6.07) is 2.27. The number of carbonyl (C=O) groups is 3. The second-order valence-corrected chi connectivity index (χ2v) is 9.26. The number of methoxy groups -OCH3 is 1. The van der Waals surface area contributed by atoms with E-state index in [1.54, 1.807) is 6.20 Å². The normalized spacial score (nSPS) is 20.7. The molecule has 0 saturated carbocycles. The van der Waals surface area contributed by atoms with Gasteiger partial charge in [-0.25, -0.2) is 4.79 Å². The van der Waals surface area contributed by atoms with Crippen molar-refractivity contribution < 1.29 is 29.3 Å². The summed E-state index contributed by atoms with van der Waals surface area (Å²) in [5.74, 6) is -1.54. The van der Waals surface area contributed by atoms with Crippen LogP contribution in [0.1, 0.15) is 11.6 Å². The van der Waals surface area contributed by atoms with Gasteiger partial charge in [-0.3, -0.25) is 19.6 Å². The first-order chi connectivity index (χ1) is 15.8. The maximum Gasteiger partial charge on any atom is 0.352 e. The summed E-state index contributed by atoms with van der Waals surface area (Å²) in [5, 5.41) is 32.2. The Labute approximate surface area is 195 Å². The Morgan fingerprint density at radius 2 is 2.27 bits per heavy atom. The number of amides is 2. The minimum absolute atomic E-state index is 0.0715. The minimum atomic E-state index is -1.21. The number of carboxylic acids is 1. The fourth-order valence-electron chi connectivity index (χ4n) is 3.50. The number of nitrogens with zero attached hydrogens (tertiary/aromatic N) is 3. The molecule has 174 valence electrons. The van der Waals surface area contributed by atoms with Gasteiger partial charge in [0.15, 0.2) is 11.5 Å². The van der Waals surface area contributed by atoms with Gasteiger partial charge in [-0.05, 0) is 23.3 Å². The number of hydrogen-bond acceptors (Lipinski definition) is 10. The molecule has 2 amide bonds. The minimum Gasteiger partial charge on any atom is -0.504 e. The average Bonchev–Trinajstić information content (AvgIpc) is 3.33. The molecule has 14 heteroatoms. The number of nitrogens with one attached hydrogen (secondary N) is 2. The second-order valence-electron chi connectivity index (χ2n) is 7.16. The van der Waals surface area contributed by atoms with E-state index >= 15 is 0 Å². The third kappa shape index (κ3) is 4.36. The van der Waals surface area contributed by atoms with Crippen LogP contribution in [0.2, 0.25) is 0 Å². The Kier molecular flexibility index (Phi) is 6.49. The molecule has 3 atom stereocenters. The third-order valence-corrected chi connectivity index (χ3v) is 7.51. The molecule has 2 unspecified atom stereocenters. The van der Waals surface area contributed by atoms with Crippen molar-refractivity contribution in [3.8, 4) is 11.5 Å². The van der Waals surface area contributed by atoms with Crippen molar-refractivity contribution in [2.24, 2.45) is 5.73 Å². The van der Waals surface area contributed by atoms with Crippen molar-refractivity contribution in [2.75, 3.05) is 18.6 Å². The molecule has 2 aliphatic heterocycles. The highest BCUT2D eigenvalue weighted by molar-refractivity contribution is 8.01. The van der Waals surface area contributed by atoms with Gasteiger partial charge in [-0.15, -0.1) is 16.9 Å². The van der Waals surface area contributed by atoms with E-state index in [1.807, 2.05) is 0 Å². The number of β-lactam (4-membered cyclic amide) rings is 1. The van der Waals surface area contributed by atoms with E-state index in [9.17, 15) is 24.6 Å². The van der Waals surface area contributed by atoms with Gasteiger partial charge in [0, 0.05) is 11.5 Å². The van der Waals surface area contributed by atoms with Crippen LogP contribution in [0.15, 0.2) is 40.7 Å². The first-order valence-electron chi connectivity index (χ1n) is 9.64. The average molecular weight is 493 g/mol. The van der Waals surface area contributed by atoms with Crippen LogP contribution < -0.4 is 15.8 Å². The molecule has 0 aliphatic carbocycles. The molecule has 2 aliphatic rings. The monoisotopic (exact) mass is 492 g/mol. The second kappa shape index (κ2) is 9.33. The lowest BCUT2D eigenvalue weighted by molar-refractivity contribution is -0.150. The summed E-state index contributed by atoms with van der Waals surface area (Å²) < 4.78 is 5.03. The number of thioether (sulfide) groups is 2. The van der Waals surface area contributed by atoms with E-state index in [4.69, 9.17) is 10.5 Å². The zero-order valence-corrected chi connectivity index (χ0v) is 18.9. The highest BCUT2D eigenvalue weighted by Gasteiger charge is 2.54. The van der Waals surface area contributed by atoms with Crippen LogP contribution in [0.5, 0.6) is 11.5 Å². The van der Waals surface area contributed by atoms with Gasteiger partial charge >= 0.3 is 5.97 Å². The SMILES string of the molecule is COc1cc(C(N)C(=O)NC2C(=O)N3C(C(=O)O)=C(CSc4c[nH]nn4)CS[C@@H]23)ccc1O. The Hall–Kier alpha value is -3.23. The molecule has 2 aromatic rings. The Morgan fingerprint density at radius 1 is 1.48 bits per heavy atom. The van der Waals surface area contributed by atoms with Crippen molar-refractivity contribution in [3.63, 3.8) is 0 Å². The van der Waals surface area contributed by atoms with Crippen LogP contribution in [0.3, 0.4) is 0 Å². The molecule has 12 nitrogen and oxygen atoms in total. The fraction of sp³-hybridized carbons (Fsp3) is 0.316. The third-order valence-electron chi connectivity index (χ3n) is 5.18. The van der Waals surface area contributed by atoms with E-state index in [0.29, 0.717) is 27.7 Å². The molecule has 1 saturated heterocycles. The van der Waals surface area contributed by atoms with Crippen molar-refractivity contribution >= 4 is 41.3 Å². The molecule has 0 bridgehead atoms. The van der Waals surface area contributed by atoms with Crippen molar-refractivity contribution in [3.05, 3.63) is 41.2 Å². The Morgan fingerprint density at radius 3 is 2.94 bits per heavy atom. The van der Waals surface area contributed by atoms with Gasteiger partial charge in [0.2, 0.25) is 5.91 Å². The highest BCUT2D eigenvalue weighted by Crippen LogP contribution is 2.41. The number of benzene rings is 1. The first kappa shape index (κ1) is 22.9. The topological polar surface area (TPSA) is 184 Å². The summed E-state index contributed by atoms with van der Waals surface area (Å²) in [6.45, 7) is 0. The summed E-state index contributed by atoms with van der Waals surface area (Å²) >= 11 is 2.68. The first-order valence-corrected chi connectivity index (χ1v) is 11.7. The summed E-state index contributed by atoms with van der Waals surface area (Å²) in [5.41, 5.74) is 6.94. The molecule has 0 spiro atoms. The van der Waals surface area contributed by atoms with Crippen LogP contribution in [-0.4, -0.2) is 78.3 Å². The van der Waals surface area contributed by atoms with Gasteiger partial charge in [0.25, 0.3) is 5.91 Å². The molecular weight excluding hydrogens is 472 g/mol. The van der Waals surface area contributed by atoms with Gasteiger partial charge < -0.3 is 26.0 Å². The zero-order valence-electron chi connectivity index (χ0n) is 17.2. The van der Waals surface area contributed by atoms with E-state index < -0.39 is 35.2 Å². The number of fused-ring (bicyclic) bond motifs is 1. The predicted octanol–water partition coefficient (Wildman–Crippen LogP) is 0.0496. The molecule has 33 heavy (non-hydrogen) atoms. The number of hydrogen-bond donors (Lipinski definition) is 5. The van der Waals surface area contributed by atoms with Crippen LogP contribution >= 0.6 is 23.5 Å². The molecular formula is C19H20N6O6S2. The molecule has 1 fully saturated rings. The Balaban J connectivity index is 1.45. The largest absolute Gasteiger partial charge is 0.504 e. The molecule has 6 N–H and O–H groups in total. The quantitative estimate of drug-likeness (QED) is 0.248. The number of phenols is 1. The maximum absolute atomic E-state index is 12.8. The van der Waals surface area contributed by atoms with E-state index in [-0.39, 0.29) is 17.2 Å². The van der Waals surface area contributed by atoms with E-state index in [0.717, 1.165) is 0 Å². The molecule has 0 radical (unpaired) electrons. The predicted molar refractivity (Wildman–Crippen MR) is 118 cm³/mol. The number of carbonyl (C=O) groups excluding carboxylic acids is 2. The van der Waals surface area contributed by atoms with Gasteiger partial charge in [0.05, 0.1) is 13.3 Å². The number of rotatable bonds is 8. The zero-order chi connectivity index (χ0) is 23.7. The number of aromatic hydroxyl groups is 1. The fourth-order valence-corrected chi connectivity index (χ4v) is 5.77. The van der Waals surface area contributed by atoms with Gasteiger partial charge in [-0.1, -0.05) is 23.0 Å². The summed E-state index contributed by atoms with van der Waals surface area (Å²) in [6.07, 6.45) is 1.59. The number of aromatic amines is 1. The standard InChI is InChI=1S/C19H20N6O6S2/c1-31-11-4-8(2-3-10(11)26)13(20)16(27)22-14-17(28)25-15(19(29)30)9(7-33-18(14)25)6-32-12-5-21-24-23-12/h2-5,13-14,18,26H,6-7,20H2,1H3,(H,22,27)(H,29,30)(H,21,23,24)/t13?,14?,18-/m0/s1. The van der Waals surface area contributed by atoms with E-state index in [2.05, 4.69) is 20.7 Å². The number of ether oxygens (including phenoxy) is 1. The lowest BCUT2D eigenvalue weighted by Crippen LogP contribution is -2.71. The summed E-state index contributed by atoms with van der Waals surface area (Å²) in [7, 11) is 1.37. The number of H-pyrrole nitrogens is 1. The number of aromatic nitrogens is 3. The van der Waals surface area contributed by atoms with Crippen LogP contribution in [0.25, 0.3) is 0 Å². The lowest BCUT2D eigenvalue weighted by Gasteiger charge is -2.49. The van der Waals surface area contributed by atoms with Crippen molar-refractivity contribution in [2.45, 2.75) is 22.5 Å². The number of aliphatic carboxylic acids is 1. The van der Waals surface area contributed by atoms with E-state index in [1.165, 1.54) is 53.7 Å².